The summed E-state index contributed by atoms with van der Waals surface area (Å²) in [5.41, 5.74) is 3.54. The molecule has 3 rings (SSSR count). The van der Waals surface area contributed by atoms with Crippen LogP contribution in [0.25, 0.3) is 11.0 Å². The Hall–Kier alpha value is -2.11. The maximum atomic E-state index is 12.0. The van der Waals surface area contributed by atoms with E-state index >= 15 is 0 Å². The number of hydrogen-bond donors (Lipinski definition) is 0. The van der Waals surface area contributed by atoms with Crippen molar-refractivity contribution in [3.63, 3.8) is 0 Å². The van der Waals surface area contributed by atoms with Gasteiger partial charge in [0.1, 0.15) is 5.52 Å². The molecule has 0 saturated heterocycles. The third-order valence-electron chi connectivity index (χ3n) is 3.88. The summed E-state index contributed by atoms with van der Waals surface area (Å²) in [6, 6.07) is 7.12. The molecule has 0 aliphatic rings. The minimum Gasteiger partial charge on any atom is -0.462 e. The van der Waals surface area contributed by atoms with E-state index in [1.807, 2.05) is 6.92 Å². The summed E-state index contributed by atoms with van der Waals surface area (Å²) in [4.78, 5) is 16.4. The van der Waals surface area contributed by atoms with E-state index in [2.05, 4.69) is 10.1 Å². The van der Waals surface area contributed by atoms with Gasteiger partial charge < -0.3 is 4.74 Å². The number of halogens is 2. The number of fused-ring (bicyclic) bond motifs is 1. The Bertz CT molecular complexity index is 917. The lowest BCUT2D eigenvalue weighted by molar-refractivity contribution is 0.0526. The zero-order valence-corrected chi connectivity index (χ0v) is 15.4. The van der Waals surface area contributed by atoms with E-state index in [0.717, 1.165) is 28.7 Å². The van der Waals surface area contributed by atoms with Crippen LogP contribution in [0.1, 0.15) is 35.5 Å². The molecule has 25 heavy (non-hydrogen) atoms. The first kappa shape index (κ1) is 17.7. The van der Waals surface area contributed by atoms with Gasteiger partial charge in [-0.25, -0.2) is 4.79 Å². The normalized spacial score (nSPS) is 11.0. The third-order valence-corrected chi connectivity index (χ3v) is 4.58. The number of aromatic nitrogens is 3. The molecule has 2 aromatic heterocycles. The van der Waals surface area contributed by atoms with Gasteiger partial charge in [-0.1, -0.05) is 36.2 Å². The van der Waals surface area contributed by atoms with Crippen molar-refractivity contribution < 1.29 is 9.53 Å². The van der Waals surface area contributed by atoms with Gasteiger partial charge in [0, 0.05) is 21.8 Å². The summed E-state index contributed by atoms with van der Waals surface area (Å²) >= 11 is 12.6. The van der Waals surface area contributed by atoms with Gasteiger partial charge in [-0.3, -0.25) is 9.67 Å². The molecule has 0 spiro atoms. The first-order chi connectivity index (χ1) is 12.0. The standard InChI is InChI=1S/C18H17Cl2N3O2/c1-3-15-17-16(8-11(9-21-17)18(24)25-4-2)23(22-15)10-12-13(19)6-5-7-14(12)20/h5-9H,3-4,10H2,1-2H3. The zero-order chi connectivity index (χ0) is 18.0. The van der Waals surface area contributed by atoms with E-state index < -0.39 is 5.97 Å². The Morgan fingerprint density at radius 2 is 1.96 bits per heavy atom. The fraction of sp³-hybridized carbons (Fsp3) is 0.278. The van der Waals surface area contributed by atoms with Gasteiger partial charge >= 0.3 is 5.97 Å². The monoisotopic (exact) mass is 377 g/mol. The van der Waals surface area contributed by atoms with Crippen molar-refractivity contribution in [3.05, 3.63) is 57.3 Å². The predicted octanol–water partition coefficient (Wildman–Crippen LogP) is 4.53. The average Bonchev–Trinajstić information content (AvgIpc) is 2.95. The Kier molecular flexibility index (Phi) is 5.25. The van der Waals surface area contributed by atoms with Gasteiger partial charge in [0.15, 0.2) is 0 Å². The Morgan fingerprint density at radius 1 is 1.24 bits per heavy atom. The van der Waals surface area contributed by atoms with Crippen LogP contribution in [0, 0.1) is 0 Å². The number of aryl methyl sites for hydroxylation is 1. The van der Waals surface area contributed by atoms with E-state index in [4.69, 9.17) is 27.9 Å². The van der Waals surface area contributed by atoms with Crippen LogP contribution in [-0.4, -0.2) is 27.3 Å². The number of carbonyl (C=O) groups is 1. The molecule has 1 aromatic carbocycles. The van der Waals surface area contributed by atoms with Crippen LogP contribution in [0.15, 0.2) is 30.5 Å². The van der Waals surface area contributed by atoms with Crippen LogP contribution in [0.4, 0.5) is 0 Å². The Balaban J connectivity index is 2.10. The fourth-order valence-electron chi connectivity index (χ4n) is 2.64. The molecule has 3 aromatic rings. The quantitative estimate of drug-likeness (QED) is 0.613. The van der Waals surface area contributed by atoms with Crippen LogP contribution < -0.4 is 0 Å². The Morgan fingerprint density at radius 3 is 2.60 bits per heavy atom. The van der Waals surface area contributed by atoms with Crippen LogP contribution in [0.5, 0.6) is 0 Å². The van der Waals surface area contributed by atoms with E-state index in [0.29, 0.717) is 28.8 Å². The second-order valence-electron chi connectivity index (χ2n) is 5.47. The maximum absolute atomic E-state index is 12.0. The van der Waals surface area contributed by atoms with Crippen molar-refractivity contribution in [3.8, 4) is 0 Å². The van der Waals surface area contributed by atoms with Gasteiger partial charge in [-0.2, -0.15) is 5.10 Å². The SMILES string of the molecule is CCOC(=O)c1cnc2c(CC)nn(Cc3c(Cl)cccc3Cl)c2c1. The van der Waals surface area contributed by atoms with Crippen LogP contribution >= 0.6 is 23.2 Å². The lowest BCUT2D eigenvalue weighted by atomic mass is 10.2. The van der Waals surface area contributed by atoms with Gasteiger partial charge in [0.25, 0.3) is 0 Å². The highest BCUT2D eigenvalue weighted by molar-refractivity contribution is 6.36. The number of benzene rings is 1. The average molecular weight is 378 g/mol. The molecule has 0 N–H and O–H groups in total. The number of rotatable bonds is 5. The smallest absolute Gasteiger partial charge is 0.339 e. The summed E-state index contributed by atoms with van der Waals surface area (Å²) in [7, 11) is 0. The third kappa shape index (κ3) is 3.48. The topological polar surface area (TPSA) is 57.0 Å². The van der Waals surface area contributed by atoms with Crippen molar-refractivity contribution in [1.82, 2.24) is 14.8 Å². The first-order valence-corrected chi connectivity index (χ1v) is 8.76. The maximum Gasteiger partial charge on any atom is 0.339 e. The molecule has 0 amide bonds. The van der Waals surface area contributed by atoms with Crippen molar-refractivity contribution in [2.45, 2.75) is 26.8 Å². The summed E-state index contributed by atoms with van der Waals surface area (Å²) in [6.07, 6.45) is 2.25. The number of pyridine rings is 1. The van der Waals surface area contributed by atoms with Crippen molar-refractivity contribution >= 4 is 40.2 Å². The second-order valence-corrected chi connectivity index (χ2v) is 6.28. The minimum absolute atomic E-state index is 0.311. The van der Waals surface area contributed by atoms with Crippen LogP contribution in [0.2, 0.25) is 10.0 Å². The Labute approximate surface area is 155 Å². The molecule has 0 unspecified atom stereocenters. The van der Waals surface area contributed by atoms with Gasteiger partial charge in [-0.15, -0.1) is 0 Å². The van der Waals surface area contributed by atoms with Crippen molar-refractivity contribution in [2.75, 3.05) is 6.61 Å². The van der Waals surface area contributed by atoms with Gasteiger partial charge in [-0.05, 0) is 31.5 Å². The summed E-state index contributed by atoms with van der Waals surface area (Å²) in [6.45, 7) is 4.48. The van der Waals surface area contributed by atoms with E-state index in [9.17, 15) is 4.79 Å². The lowest BCUT2D eigenvalue weighted by Gasteiger charge is -2.08. The lowest BCUT2D eigenvalue weighted by Crippen LogP contribution is -2.07. The summed E-state index contributed by atoms with van der Waals surface area (Å²) in [5, 5.41) is 5.76. The van der Waals surface area contributed by atoms with E-state index in [-0.39, 0.29) is 0 Å². The number of hydrogen-bond acceptors (Lipinski definition) is 4. The van der Waals surface area contributed by atoms with E-state index in [1.165, 1.54) is 6.20 Å². The molecule has 0 fully saturated rings. The molecular formula is C18H17Cl2N3O2. The molecular weight excluding hydrogens is 361 g/mol. The molecule has 0 atom stereocenters. The van der Waals surface area contributed by atoms with Crippen molar-refractivity contribution in [2.24, 2.45) is 0 Å². The highest BCUT2D eigenvalue weighted by atomic mass is 35.5. The molecule has 130 valence electrons. The molecule has 0 aliphatic heterocycles. The second kappa shape index (κ2) is 7.42. The predicted molar refractivity (Wildman–Crippen MR) is 98.4 cm³/mol. The molecule has 0 aliphatic carbocycles. The van der Waals surface area contributed by atoms with Gasteiger partial charge in [0.2, 0.25) is 0 Å². The molecule has 7 heteroatoms. The number of nitrogens with zero attached hydrogens (tertiary/aromatic N) is 3. The number of carbonyl (C=O) groups excluding carboxylic acids is 1. The van der Waals surface area contributed by atoms with E-state index in [1.54, 1.807) is 35.9 Å². The molecule has 0 saturated carbocycles. The van der Waals surface area contributed by atoms with Crippen LogP contribution in [0.3, 0.4) is 0 Å². The molecule has 0 bridgehead atoms. The molecule has 0 radical (unpaired) electrons. The largest absolute Gasteiger partial charge is 0.462 e. The molecule has 2 heterocycles. The number of esters is 1. The van der Waals surface area contributed by atoms with Gasteiger partial charge in [0.05, 0.1) is 29.9 Å². The van der Waals surface area contributed by atoms with Crippen molar-refractivity contribution in [1.29, 1.82) is 0 Å². The summed E-state index contributed by atoms with van der Waals surface area (Å²) < 4.78 is 6.83. The summed E-state index contributed by atoms with van der Waals surface area (Å²) in [5.74, 6) is -0.404. The first-order valence-electron chi connectivity index (χ1n) is 8.00. The highest BCUT2D eigenvalue weighted by Crippen LogP contribution is 2.27. The zero-order valence-electron chi connectivity index (χ0n) is 13.9. The number of ether oxygens (including phenoxy) is 1. The highest BCUT2D eigenvalue weighted by Gasteiger charge is 2.16. The minimum atomic E-state index is -0.404. The molecule has 5 nitrogen and oxygen atoms in total. The fourth-order valence-corrected chi connectivity index (χ4v) is 3.15. The van der Waals surface area contributed by atoms with Crippen LogP contribution in [-0.2, 0) is 17.7 Å².